The number of nitrogens with two attached hydrogens (primary N) is 1. The predicted molar refractivity (Wildman–Crippen MR) is 72.2 cm³/mol. The second kappa shape index (κ2) is 5.96. The molecule has 17 heavy (non-hydrogen) atoms. The molecule has 4 heteroatoms. The molecule has 1 aliphatic heterocycles. The maximum absolute atomic E-state index is 5.98. The molecule has 1 aliphatic rings. The number of ether oxygens (including phenoxy) is 1. The van der Waals surface area contributed by atoms with Crippen molar-refractivity contribution >= 4 is 11.3 Å². The van der Waals surface area contributed by atoms with Gasteiger partial charge in [-0.2, -0.15) is 11.3 Å². The number of hydrogen-bond acceptors (Lipinski definition) is 4. The minimum Gasteiger partial charge on any atom is -0.381 e. The highest BCUT2D eigenvalue weighted by atomic mass is 32.1. The van der Waals surface area contributed by atoms with E-state index in [1.165, 1.54) is 5.56 Å². The first kappa shape index (κ1) is 13.0. The van der Waals surface area contributed by atoms with Crippen molar-refractivity contribution in [3.05, 3.63) is 22.4 Å². The fourth-order valence-corrected chi connectivity index (χ4v) is 3.21. The van der Waals surface area contributed by atoms with E-state index in [1.54, 1.807) is 11.3 Å². The van der Waals surface area contributed by atoms with Crippen molar-refractivity contribution in [1.82, 2.24) is 4.90 Å². The van der Waals surface area contributed by atoms with Crippen molar-refractivity contribution in [3.63, 3.8) is 0 Å². The van der Waals surface area contributed by atoms with E-state index in [4.69, 9.17) is 10.5 Å². The Morgan fingerprint density at radius 3 is 2.82 bits per heavy atom. The van der Waals surface area contributed by atoms with Gasteiger partial charge in [0.2, 0.25) is 0 Å². The Morgan fingerprint density at radius 2 is 2.24 bits per heavy atom. The highest BCUT2D eigenvalue weighted by molar-refractivity contribution is 7.07. The molecule has 2 N–H and O–H groups in total. The molecule has 0 atom stereocenters. The first-order chi connectivity index (χ1) is 8.24. The summed E-state index contributed by atoms with van der Waals surface area (Å²) in [5.74, 6) is 0. The molecule has 1 saturated heterocycles. The minimum absolute atomic E-state index is 0.267. The average Bonchev–Trinajstić information content (AvgIpc) is 2.83. The summed E-state index contributed by atoms with van der Waals surface area (Å²) in [6.45, 7) is 4.59. The van der Waals surface area contributed by atoms with Gasteiger partial charge in [-0.25, -0.2) is 0 Å². The Morgan fingerprint density at radius 1 is 1.47 bits per heavy atom. The van der Waals surface area contributed by atoms with Gasteiger partial charge in [-0.1, -0.05) is 0 Å². The molecule has 2 heterocycles. The van der Waals surface area contributed by atoms with Crippen LogP contribution in [0.15, 0.2) is 16.8 Å². The summed E-state index contributed by atoms with van der Waals surface area (Å²) in [5, 5.41) is 4.35. The molecule has 1 aromatic heterocycles. The van der Waals surface area contributed by atoms with E-state index in [9.17, 15) is 0 Å². The lowest BCUT2D eigenvalue weighted by atomic mass is 9.80. The van der Waals surface area contributed by atoms with Crippen LogP contribution in [-0.2, 0) is 11.3 Å². The zero-order valence-corrected chi connectivity index (χ0v) is 11.3. The maximum atomic E-state index is 5.98. The molecule has 96 valence electrons. The van der Waals surface area contributed by atoms with Crippen LogP contribution in [0.2, 0.25) is 0 Å². The molecule has 0 spiro atoms. The smallest absolute Gasteiger partial charge is 0.0472 e. The maximum Gasteiger partial charge on any atom is 0.0472 e. The standard InChI is InChI=1S/C13H22N2OS/c1-15(8-12-2-7-17-9-12)11-13(10-14)3-5-16-6-4-13/h2,7,9H,3-6,8,10-11,14H2,1H3. The van der Waals surface area contributed by atoms with Gasteiger partial charge in [-0.15, -0.1) is 0 Å². The van der Waals surface area contributed by atoms with E-state index >= 15 is 0 Å². The Hall–Kier alpha value is -0.420. The third-order valence-corrected chi connectivity index (χ3v) is 4.36. The van der Waals surface area contributed by atoms with E-state index in [1.807, 2.05) is 0 Å². The molecule has 1 fully saturated rings. The van der Waals surface area contributed by atoms with Crippen molar-refractivity contribution in [2.45, 2.75) is 19.4 Å². The summed E-state index contributed by atoms with van der Waals surface area (Å²) >= 11 is 1.76. The van der Waals surface area contributed by atoms with Crippen molar-refractivity contribution in [1.29, 1.82) is 0 Å². The van der Waals surface area contributed by atoms with Gasteiger partial charge in [0.1, 0.15) is 0 Å². The Bertz CT molecular complexity index is 320. The van der Waals surface area contributed by atoms with Crippen molar-refractivity contribution in [2.75, 3.05) is 33.4 Å². The van der Waals surface area contributed by atoms with Crippen LogP contribution < -0.4 is 5.73 Å². The third-order valence-electron chi connectivity index (χ3n) is 3.62. The van der Waals surface area contributed by atoms with Crippen LogP contribution in [0.1, 0.15) is 18.4 Å². The predicted octanol–water partition coefficient (Wildman–Crippen LogP) is 1.94. The van der Waals surface area contributed by atoms with E-state index < -0.39 is 0 Å². The lowest BCUT2D eigenvalue weighted by molar-refractivity contribution is 0.00269. The van der Waals surface area contributed by atoms with Gasteiger partial charge in [-0.3, -0.25) is 0 Å². The zero-order chi connectivity index (χ0) is 12.1. The molecule has 2 rings (SSSR count). The highest BCUT2D eigenvalue weighted by Gasteiger charge is 2.32. The van der Waals surface area contributed by atoms with Crippen LogP contribution in [0.3, 0.4) is 0 Å². The summed E-state index contributed by atoms with van der Waals surface area (Å²) in [6, 6.07) is 2.19. The molecule has 3 nitrogen and oxygen atoms in total. The summed E-state index contributed by atoms with van der Waals surface area (Å²) in [7, 11) is 2.19. The highest BCUT2D eigenvalue weighted by Crippen LogP contribution is 2.30. The van der Waals surface area contributed by atoms with Gasteiger partial charge >= 0.3 is 0 Å². The fraction of sp³-hybridized carbons (Fsp3) is 0.692. The fourth-order valence-electron chi connectivity index (χ4n) is 2.55. The normalized spacial score (nSPS) is 19.7. The molecule has 0 radical (unpaired) electrons. The molecule has 0 unspecified atom stereocenters. The first-order valence-corrected chi connectivity index (χ1v) is 7.16. The van der Waals surface area contributed by atoms with Gasteiger partial charge in [0, 0.05) is 26.3 Å². The van der Waals surface area contributed by atoms with Crippen molar-refractivity contribution < 1.29 is 4.74 Å². The number of rotatable bonds is 5. The van der Waals surface area contributed by atoms with E-state index in [0.29, 0.717) is 0 Å². The minimum atomic E-state index is 0.267. The topological polar surface area (TPSA) is 38.5 Å². The SMILES string of the molecule is CN(Cc1ccsc1)CC1(CN)CCOCC1. The first-order valence-electron chi connectivity index (χ1n) is 6.22. The Kier molecular flexibility index (Phi) is 4.56. The third kappa shape index (κ3) is 3.52. The van der Waals surface area contributed by atoms with Gasteiger partial charge in [0.15, 0.2) is 0 Å². The number of hydrogen-bond donors (Lipinski definition) is 1. The van der Waals surface area contributed by atoms with Crippen LogP contribution in [0.25, 0.3) is 0 Å². The van der Waals surface area contributed by atoms with Crippen LogP contribution >= 0.6 is 11.3 Å². The van der Waals surface area contributed by atoms with Crippen molar-refractivity contribution in [3.8, 4) is 0 Å². The van der Waals surface area contributed by atoms with Crippen LogP contribution in [0, 0.1) is 5.41 Å². The lowest BCUT2D eigenvalue weighted by Gasteiger charge is -2.39. The quantitative estimate of drug-likeness (QED) is 0.872. The van der Waals surface area contributed by atoms with Crippen molar-refractivity contribution in [2.24, 2.45) is 11.1 Å². The van der Waals surface area contributed by atoms with Crippen LogP contribution in [0.4, 0.5) is 0 Å². The van der Waals surface area contributed by atoms with Gasteiger partial charge < -0.3 is 15.4 Å². The molecule has 0 aromatic carbocycles. The summed E-state index contributed by atoms with van der Waals surface area (Å²) in [5.41, 5.74) is 7.65. The Labute approximate surface area is 108 Å². The summed E-state index contributed by atoms with van der Waals surface area (Å²) in [4.78, 5) is 2.39. The van der Waals surface area contributed by atoms with Gasteiger partial charge in [-0.05, 0) is 54.2 Å². The second-order valence-corrected chi connectivity index (χ2v) is 5.90. The molecule has 1 aromatic rings. The zero-order valence-electron chi connectivity index (χ0n) is 10.5. The van der Waals surface area contributed by atoms with Gasteiger partial charge in [0.25, 0.3) is 0 Å². The average molecular weight is 254 g/mol. The molecular formula is C13H22N2OS. The molecule has 0 aliphatic carbocycles. The van der Waals surface area contributed by atoms with E-state index in [0.717, 1.165) is 45.7 Å². The molecular weight excluding hydrogens is 232 g/mol. The number of thiophene rings is 1. The van der Waals surface area contributed by atoms with Crippen LogP contribution in [0.5, 0.6) is 0 Å². The summed E-state index contributed by atoms with van der Waals surface area (Å²) in [6.07, 6.45) is 2.19. The molecule has 0 saturated carbocycles. The largest absolute Gasteiger partial charge is 0.381 e. The van der Waals surface area contributed by atoms with E-state index in [2.05, 4.69) is 28.8 Å². The van der Waals surface area contributed by atoms with E-state index in [-0.39, 0.29) is 5.41 Å². The monoisotopic (exact) mass is 254 g/mol. The summed E-state index contributed by atoms with van der Waals surface area (Å²) < 4.78 is 5.44. The second-order valence-electron chi connectivity index (χ2n) is 5.12. The number of nitrogens with zero attached hydrogens (tertiary/aromatic N) is 1. The Balaban J connectivity index is 1.89. The lowest BCUT2D eigenvalue weighted by Crippen LogP contribution is -2.44. The molecule has 0 amide bonds. The van der Waals surface area contributed by atoms with Crippen LogP contribution in [-0.4, -0.2) is 38.3 Å². The molecule has 0 bridgehead atoms. The van der Waals surface area contributed by atoms with Gasteiger partial charge in [0.05, 0.1) is 0 Å².